The first-order chi connectivity index (χ1) is 11.0. The fourth-order valence-corrected chi connectivity index (χ4v) is 4.83. The van der Waals surface area contributed by atoms with Crippen molar-refractivity contribution in [1.29, 1.82) is 10.5 Å². The van der Waals surface area contributed by atoms with Gasteiger partial charge in [0.1, 0.15) is 0 Å². The fraction of sp³-hybridized carbons (Fsp3) is 0.471. The molecule has 3 atom stereocenters. The van der Waals surface area contributed by atoms with Crippen LogP contribution in [0.15, 0.2) is 30.3 Å². The molecule has 1 aliphatic carbocycles. The SMILES string of the molecule is CC[C@]1(c2ccccc2)[C@]2(C#N)C(N)=[NH+]C(OC)(OC)[C@@]21C#N. The Morgan fingerprint density at radius 3 is 2.17 bits per heavy atom. The molecule has 2 aliphatic rings. The van der Waals surface area contributed by atoms with Gasteiger partial charge in [-0.3, -0.25) is 5.73 Å². The Hall–Kier alpha value is -2.41. The van der Waals surface area contributed by atoms with E-state index >= 15 is 0 Å². The number of methoxy groups -OCH3 is 2. The summed E-state index contributed by atoms with van der Waals surface area (Å²) in [6.45, 7) is 1.95. The molecular formula is C17H19N4O2+. The van der Waals surface area contributed by atoms with Gasteiger partial charge in [-0.2, -0.15) is 10.5 Å². The molecule has 0 aromatic heterocycles. The third-order valence-corrected chi connectivity index (χ3v) is 5.68. The van der Waals surface area contributed by atoms with Gasteiger partial charge in [-0.1, -0.05) is 37.3 Å². The van der Waals surface area contributed by atoms with E-state index in [1.54, 1.807) is 0 Å². The lowest BCUT2D eigenvalue weighted by molar-refractivity contribution is -0.689. The standard InChI is InChI=1S/C17H18N4O2/c1-4-14(12-8-6-5-7-9-12)15(10-18)13(20)21-17(22-2,23-3)16(14,15)11-19/h5-9H,4H2,1-3H3,(H2,20,21)/p+1/t14-,15-,16+/m0/s1. The summed E-state index contributed by atoms with van der Waals surface area (Å²) in [7, 11) is 2.89. The molecule has 23 heavy (non-hydrogen) atoms. The van der Waals surface area contributed by atoms with Gasteiger partial charge < -0.3 is 9.47 Å². The molecular weight excluding hydrogens is 292 g/mol. The molecule has 118 valence electrons. The minimum absolute atomic E-state index is 0.218. The van der Waals surface area contributed by atoms with Crippen LogP contribution >= 0.6 is 0 Å². The van der Waals surface area contributed by atoms with Crippen molar-refractivity contribution >= 4 is 5.84 Å². The number of hydrogen-bond donors (Lipinski definition) is 2. The maximum Gasteiger partial charge on any atom is 0.343 e. The highest BCUT2D eigenvalue weighted by atomic mass is 16.7. The van der Waals surface area contributed by atoms with Gasteiger partial charge in [-0.25, -0.2) is 4.99 Å². The van der Waals surface area contributed by atoms with Gasteiger partial charge in [-0.05, 0) is 12.0 Å². The summed E-state index contributed by atoms with van der Waals surface area (Å²) in [6.07, 6.45) is 0.551. The van der Waals surface area contributed by atoms with E-state index in [2.05, 4.69) is 17.1 Å². The zero-order valence-corrected chi connectivity index (χ0v) is 13.4. The monoisotopic (exact) mass is 311 g/mol. The number of benzene rings is 1. The fourth-order valence-electron chi connectivity index (χ4n) is 4.83. The van der Waals surface area contributed by atoms with Crippen molar-refractivity contribution in [2.75, 3.05) is 14.2 Å². The van der Waals surface area contributed by atoms with Crippen LogP contribution in [0.1, 0.15) is 18.9 Å². The maximum atomic E-state index is 10.1. The number of hydrogen-bond acceptors (Lipinski definition) is 5. The number of nitriles is 2. The number of fused-ring (bicyclic) bond motifs is 1. The summed E-state index contributed by atoms with van der Waals surface area (Å²) >= 11 is 0. The van der Waals surface area contributed by atoms with Crippen molar-refractivity contribution in [1.82, 2.24) is 0 Å². The van der Waals surface area contributed by atoms with Crippen molar-refractivity contribution in [3.05, 3.63) is 35.9 Å². The summed E-state index contributed by atoms with van der Waals surface area (Å²) in [5, 5.41) is 20.2. The second-order valence-electron chi connectivity index (χ2n) is 5.91. The van der Waals surface area contributed by atoms with E-state index in [1.165, 1.54) is 14.2 Å². The molecule has 1 heterocycles. The van der Waals surface area contributed by atoms with Gasteiger partial charge in [-0.15, -0.1) is 0 Å². The zero-order valence-electron chi connectivity index (χ0n) is 13.4. The number of nitrogens with two attached hydrogens (primary N) is 1. The molecule has 1 aliphatic heterocycles. The van der Waals surface area contributed by atoms with E-state index in [0.717, 1.165) is 5.56 Å². The van der Waals surface area contributed by atoms with Crippen molar-refractivity contribution in [2.45, 2.75) is 24.7 Å². The van der Waals surface area contributed by atoms with Crippen LogP contribution in [0.2, 0.25) is 0 Å². The molecule has 0 bridgehead atoms. The van der Waals surface area contributed by atoms with Crippen LogP contribution in [0.25, 0.3) is 0 Å². The number of ether oxygens (including phenoxy) is 2. The lowest BCUT2D eigenvalue weighted by Crippen LogP contribution is -2.91. The third kappa shape index (κ3) is 1.18. The van der Waals surface area contributed by atoms with E-state index in [4.69, 9.17) is 15.2 Å². The van der Waals surface area contributed by atoms with Crippen LogP contribution in [0.3, 0.4) is 0 Å². The van der Waals surface area contributed by atoms with Gasteiger partial charge in [0.15, 0.2) is 10.8 Å². The summed E-state index contributed by atoms with van der Waals surface area (Å²) in [6, 6.07) is 14.2. The predicted molar refractivity (Wildman–Crippen MR) is 81.4 cm³/mol. The van der Waals surface area contributed by atoms with Crippen LogP contribution in [-0.2, 0) is 14.9 Å². The average Bonchev–Trinajstić information content (AvgIpc) is 3.10. The van der Waals surface area contributed by atoms with Crippen LogP contribution < -0.4 is 10.7 Å². The normalized spacial score (nSPS) is 36.5. The molecule has 0 saturated heterocycles. The molecule has 1 aromatic carbocycles. The third-order valence-electron chi connectivity index (χ3n) is 5.68. The Labute approximate surface area is 135 Å². The topological polar surface area (TPSA) is 106 Å². The number of amidine groups is 1. The largest absolute Gasteiger partial charge is 0.343 e. The second-order valence-corrected chi connectivity index (χ2v) is 5.91. The molecule has 3 N–H and O–H groups in total. The average molecular weight is 311 g/mol. The Balaban J connectivity index is 2.40. The molecule has 6 nitrogen and oxygen atoms in total. The van der Waals surface area contributed by atoms with Crippen LogP contribution in [0.5, 0.6) is 0 Å². The molecule has 1 fully saturated rings. The Morgan fingerprint density at radius 1 is 1.13 bits per heavy atom. The van der Waals surface area contributed by atoms with Crippen molar-refractivity contribution < 1.29 is 14.5 Å². The van der Waals surface area contributed by atoms with Crippen LogP contribution in [0, 0.1) is 33.5 Å². The van der Waals surface area contributed by atoms with E-state index < -0.39 is 22.2 Å². The maximum absolute atomic E-state index is 10.1. The molecule has 0 spiro atoms. The Bertz CT molecular complexity index is 759. The first kappa shape index (κ1) is 15.5. The predicted octanol–water partition coefficient (Wildman–Crippen LogP) is -0.234. The molecule has 0 unspecified atom stereocenters. The number of nitrogens with one attached hydrogen (secondary N) is 1. The molecule has 3 rings (SSSR count). The van der Waals surface area contributed by atoms with Crippen molar-refractivity contribution in [3.63, 3.8) is 0 Å². The zero-order chi connectivity index (χ0) is 16.9. The van der Waals surface area contributed by atoms with Gasteiger partial charge >= 0.3 is 5.91 Å². The summed E-state index contributed by atoms with van der Waals surface area (Å²) in [5.74, 6) is -1.25. The van der Waals surface area contributed by atoms with Crippen LogP contribution in [0.4, 0.5) is 0 Å². The lowest BCUT2D eigenvalue weighted by atomic mass is 9.80. The van der Waals surface area contributed by atoms with Gasteiger partial charge in [0, 0.05) is 14.2 Å². The van der Waals surface area contributed by atoms with E-state index in [-0.39, 0.29) is 5.84 Å². The first-order valence-corrected chi connectivity index (χ1v) is 7.43. The van der Waals surface area contributed by atoms with Gasteiger partial charge in [0.25, 0.3) is 5.84 Å². The first-order valence-electron chi connectivity index (χ1n) is 7.43. The molecule has 0 radical (unpaired) electrons. The molecule has 1 aromatic rings. The van der Waals surface area contributed by atoms with Crippen molar-refractivity contribution in [2.24, 2.45) is 16.6 Å². The van der Waals surface area contributed by atoms with Gasteiger partial charge in [0.2, 0.25) is 0 Å². The highest BCUT2D eigenvalue weighted by molar-refractivity contribution is 5.97. The number of rotatable bonds is 4. The molecule has 6 heteroatoms. The molecule has 1 saturated carbocycles. The Morgan fingerprint density at radius 2 is 1.74 bits per heavy atom. The smallest absolute Gasteiger partial charge is 0.317 e. The van der Waals surface area contributed by atoms with Gasteiger partial charge in [0.05, 0.1) is 17.6 Å². The van der Waals surface area contributed by atoms with Crippen LogP contribution in [-0.4, -0.2) is 26.0 Å². The Kier molecular flexibility index (Phi) is 3.06. The van der Waals surface area contributed by atoms with E-state index in [9.17, 15) is 10.5 Å². The summed E-state index contributed by atoms with van der Waals surface area (Å²) in [4.78, 5) is 2.91. The quantitative estimate of drug-likeness (QED) is 0.747. The van der Waals surface area contributed by atoms with Crippen molar-refractivity contribution in [3.8, 4) is 12.1 Å². The molecule has 0 amide bonds. The van der Waals surface area contributed by atoms with E-state index in [1.807, 2.05) is 37.3 Å². The highest BCUT2D eigenvalue weighted by Crippen LogP contribution is 2.83. The second kappa shape index (κ2) is 4.55. The minimum atomic E-state index is -1.46. The van der Waals surface area contributed by atoms with E-state index in [0.29, 0.717) is 6.42 Å². The minimum Gasteiger partial charge on any atom is -0.317 e. The number of nitrogens with zero attached hydrogens (tertiary/aromatic N) is 2. The summed E-state index contributed by atoms with van der Waals surface area (Å²) in [5.41, 5.74) is 3.81. The lowest BCUT2D eigenvalue weighted by Gasteiger charge is -2.31. The summed E-state index contributed by atoms with van der Waals surface area (Å²) < 4.78 is 11.1. The highest BCUT2D eigenvalue weighted by Gasteiger charge is 3.03.